The second kappa shape index (κ2) is 6.61. The predicted octanol–water partition coefficient (Wildman–Crippen LogP) is 1.79. The van der Waals surface area contributed by atoms with E-state index < -0.39 is 15.6 Å². The zero-order chi connectivity index (χ0) is 18.2. The minimum atomic E-state index is -3.48. The molecule has 2 fully saturated rings. The second-order valence-electron chi connectivity index (χ2n) is 6.88. The summed E-state index contributed by atoms with van der Waals surface area (Å²) in [4.78, 5) is 8.49. The molecule has 2 saturated heterocycles. The average Bonchev–Trinajstić information content (AvgIpc) is 2.61. The third kappa shape index (κ3) is 3.32. The van der Waals surface area contributed by atoms with E-state index in [0.717, 1.165) is 12.0 Å². The summed E-state index contributed by atoms with van der Waals surface area (Å²) in [5.74, 6) is 0. The highest BCUT2D eigenvalue weighted by atomic mass is 32.2. The number of sulfonamides is 1. The first kappa shape index (κ1) is 17.4. The molecule has 26 heavy (non-hydrogen) atoms. The molecule has 1 spiro atoms. The Balaban J connectivity index is 1.41. The van der Waals surface area contributed by atoms with E-state index in [0.29, 0.717) is 37.0 Å². The number of nitrogens with zero attached hydrogens (tertiary/aromatic N) is 3. The third-order valence-electron chi connectivity index (χ3n) is 4.85. The SMILES string of the molecule is Cc1ccc(S(=O)(=O)N2CC3(CC(Oc4ncccn4)CCO3)C2)cc1. The van der Waals surface area contributed by atoms with E-state index in [1.54, 1.807) is 30.6 Å². The van der Waals surface area contributed by atoms with Gasteiger partial charge in [0.1, 0.15) is 6.10 Å². The van der Waals surface area contributed by atoms with Gasteiger partial charge in [-0.1, -0.05) is 17.7 Å². The molecule has 1 aromatic carbocycles. The monoisotopic (exact) mass is 375 g/mol. The summed E-state index contributed by atoms with van der Waals surface area (Å²) < 4.78 is 38.7. The number of benzene rings is 1. The Hall–Kier alpha value is -2.03. The van der Waals surface area contributed by atoms with Gasteiger partial charge in [0, 0.05) is 38.3 Å². The Morgan fingerprint density at radius 3 is 2.58 bits per heavy atom. The molecule has 1 atom stereocenters. The maximum absolute atomic E-state index is 12.7. The van der Waals surface area contributed by atoms with Crippen LogP contribution in [0.25, 0.3) is 0 Å². The van der Waals surface area contributed by atoms with Crippen molar-refractivity contribution in [1.82, 2.24) is 14.3 Å². The number of hydrogen-bond donors (Lipinski definition) is 0. The van der Waals surface area contributed by atoms with E-state index in [1.807, 2.05) is 19.1 Å². The summed E-state index contributed by atoms with van der Waals surface area (Å²) in [6, 6.07) is 8.99. The zero-order valence-electron chi connectivity index (χ0n) is 14.5. The normalized spacial score (nSPS) is 22.7. The molecule has 0 amide bonds. The fourth-order valence-electron chi connectivity index (χ4n) is 3.42. The quantitative estimate of drug-likeness (QED) is 0.810. The van der Waals surface area contributed by atoms with Crippen LogP contribution in [0.4, 0.5) is 0 Å². The summed E-state index contributed by atoms with van der Waals surface area (Å²) in [5, 5.41) is 0. The molecule has 7 nitrogen and oxygen atoms in total. The Kier molecular flexibility index (Phi) is 4.42. The lowest BCUT2D eigenvalue weighted by atomic mass is 9.86. The van der Waals surface area contributed by atoms with Gasteiger partial charge in [-0.2, -0.15) is 4.31 Å². The minimum Gasteiger partial charge on any atom is -0.460 e. The highest BCUT2D eigenvalue weighted by molar-refractivity contribution is 7.89. The van der Waals surface area contributed by atoms with Gasteiger partial charge in [0.05, 0.1) is 17.1 Å². The summed E-state index contributed by atoms with van der Waals surface area (Å²) in [5.41, 5.74) is 0.554. The highest BCUT2D eigenvalue weighted by Crippen LogP contribution is 2.38. The minimum absolute atomic E-state index is 0.0737. The van der Waals surface area contributed by atoms with Crippen molar-refractivity contribution in [1.29, 1.82) is 0 Å². The molecule has 0 radical (unpaired) electrons. The lowest BCUT2D eigenvalue weighted by molar-refractivity contribution is -0.165. The first-order valence-corrected chi connectivity index (χ1v) is 10.1. The molecule has 0 N–H and O–H groups in total. The lowest BCUT2D eigenvalue weighted by Crippen LogP contribution is -2.67. The first-order chi connectivity index (χ1) is 12.5. The molecule has 0 saturated carbocycles. The molecule has 2 aliphatic rings. The molecular weight excluding hydrogens is 354 g/mol. The largest absolute Gasteiger partial charge is 0.460 e. The van der Waals surface area contributed by atoms with Crippen molar-refractivity contribution in [3.63, 3.8) is 0 Å². The van der Waals surface area contributed by atoms with Crippen LogP contribution < -0.4 is 4.74 Å². The van der Waals surface area contributed by atoms with Gasteiger partial charge >= 0.3 is 6.01 Å². The van der Waals surface area contributed by atoms with Gasteiger partial charge in [-0.15, -0.1) is 0 Å². The van der Waals surface area contributed by atoms with Crippen LogP contribution in [0.15, 0.2) is 47.6 Å². The molecule has 4 rings (SSSR count). The molecule has 0 aliphatic carbocycles. The van der Waals surface area contributed by atoms with Crippen molar-refractivity contribution in [2.75, 3.05) is 19.7 Å². The fraction of sp³-hybridized carbons (Fsp3) is 0.444. The van der Waals surface area contributed by atoms with E-state index >= 15 is 0 Å². The van der Waals surface area contributed by atoms with Crippen LogP contribution >= 0.6 is 0 Å². The molecule has 2 aliphatic heterocycles. The van der Waals surface area contributed by atoms with Gasteiger partial charge in [-0.05, 0) is 25.1 Å². The lowest BCUT2D eigenvalue weighted by Gasteiger charge is -2.51. The van der Waals surface area contributed by atoms with Gasteiger partial charge in [0.2, 0.25) is 10.0 Å². The highest BCUT2D eigenvalue weighted by Gasteiger charge is 2.52. The summed E-state index contributed by atoms with van der Waals surface area (Å²) in [6.45, 7) is 3.16. The summed E-state index contributed by atoms with van der Waals surface area (Å²) >= 11 is 0. The number of aryl methyl sites for hydroxylation is 1. The van der Waals surface area contributed by atoms with Gasteiger partial charge in [0.15, 0.2) is 0 Å². The van der Waals surface area contributed by atoms with E-state index in [9.17, 15) is 8.42 Å². The van der Waals surface area contributed by atoms with Gasteiger partial charge in [0.25, 0.3) is 0 Å². The maximum atomic E-state index is 12.7. The molecule has 2 aromatic rings. The van der Waals surface area contributed by atoms with Crippen LogP contribution in [-0.2, 0) is 14.8 Å². The molecule has 8 heteroatoms. The van der Waals surface area contributed by atoms with Crippen molar-refractivity contribution in [2.24, 2.45) is 0 Å². The summed E-state index contributed by atoms with van der Waals surface area (Å²) in [7, 11) is -3.48. The van der Waals surface area contributed by atoms with E-state index in [1.165, 1.54) is 4.31 Å². The Bertz CT molecular complexity index is 865. The molecule has 1 unspecified atom stereocenters. The van der Waals surface area contributed by atoms with Crippen LogP contribution in [0, 0.1) is 6.92 Å². The van der Waals surface area contributed by atoms with Crippen LogP contribution in [-0.4, -0.2) is 54.1 Å². The maximum Gasteiger partial charge on any atom is 0.316 e. The predicted molar refractivity (Wildman–Crippen MR) is 94.3 cm³/mol. The van der Waals surface area contributed by atoms with Crippen molar-refractivity contribution in [2.45, 2.75) is 36.4 Å². The Labute approximate surface area is 153 Å². The van der Waals surface area contributed by atoms with Crippen molar-refractivity contribution >= 4 is 10.0 Å². The average molecular weight is 375 g/mol. The summed E-state index contributed by atoms with van der Waals surface area (Å²) in [6.07, 6.45) is 4.57. The standard InChI is InChI=1S/C18H21N3O4S/c1-14-3-5-16(6-4-14)26(22,23)21-12-18(13-21)11-15(7-10-24-18)25-17-19-8-2-9-20-17/h2-6,8-9,15H,7,10-13H2,1H3. The fourth-order valence-corrected chi connectivity index (χ4v) is 5.01. The molecule has 138 valence electrons. The number of rotatable bonds is 4. The first-order valence-electron chi connectivity index (χ1n) is 8.61. The molecule has 3 heterocycles. The van der Waals surface area contributed by atoms with Gasteiger partial charge in [-0.3, -0.25) is 0 Å². The topological polar surface area (TPSA) is 81.6 Å². The van der Waals surface area contributed by atoms with Crippen LogP contribution in [0.2, 0.25) is 0 Å². The number of hydrogen-bond acceptors (Lipinski definition) is 6. The van der Waals surface area contributed by atoms with Crippen molar-refractivity contribution in [3.8, 4) is 6.01 Å². The second-order valence-corrected chi connectivity index (χ2v) is 8.82. The smallest absolute Gasteiger partial charge is 0.316 e. The number of ether oxygens (including phenoxy) is 2. The van der Waals surface area contributed by atoms with Crippen molar-refractivity contribution in [3.05, 3.63) is 48.3 Å². The molecule has 1 aromatic heterocycles. The van der Waals surface area contributed by atoms with Crippen LogP contribution in [0.3, 0.4) is 0 Å². The zero-order valence-corrected chi connectivity index (χ0v) is 15.4. The van der Waals surface area contributed by atoms with Crippen LogP contribution in [0.1, 0.15) is 18.4 Å². The molecule has 0 bridgehead atoms. The van der Waals surface area contributed by atoms with E-state index in [2.05, 4.69) is 9.97 Å². The van der Waals surface area contributed by atoms with Gasteiger partial charge < -0.3 is 9.47 Å². The van der Waals surface area contributed by atoms with E-state index in [-0.39, 0.29) is 6.10 Å². The third-order valence-corrected chi connectivity index (χ3v) is 6.66. The number of aromatic nitrogens is 2. The van der Waals surface area contributed by atoms with E-state index in [4.69, 9.17) is 9.47 Å². The Morgan fingerprint density at radius 1 is 1.19 bits per heavy atom. The Morgan fingerprint density at radius 2 is 1.88 bits per heavy atom. The van der Waals surface area contributed by atoms with Gasteiger partial charge in [-0.25, -0.2) is 18.4 Å². The van der Waals surface area contributed by atoms with Crippen LogP contribution in [0.5, 0.6) is 6.01 Å². The molecular formula is C18H21N3O4S. The van der Waals surface area contributed by atoms with Crippen molar-refractivity contribution < 1.29 is 17.9 Å².